The summed E-state index contributed by atoms with van der Waals surface area (Å²) in [5.41, 5.74) is 1.48. The van der Waals surface area contributed by atoms with Crippen LogP contribution in [0, 0.1) is 11.8 Å². The molecule has 3 atom stereocenters. The quantitative estimate of drug-likeness (QED) is 0.548. The van der Waals surface area contributed by atoms with Crippen LogP contribution >= 0.6 is 0 Å². The van der Waals surface area contributed by atoms with Gasteiger partial charge in [0.25, 0.3) is 0 Å². The van der Waals surface area contributed by atoms with Crippen LogP contribution in [-0.4, -0.2) is 11.2 Å². The second kappa shape index (κ2) is 3.21. The van der Waals surface area contributed by atoms with E-state index in [2.05, 4.69) is 13.0 Å². The normalized spacial score (nSPS) is 41.8. The first-order valence-corrected chi connectivity index (χ1v) is 5.13. The van der Waals surface area contributed by atoms with Gasteiger partial charge in [0.2, 0.25) is 0 Å². The van der Waals surface area contributed by atoms with Crippen molar-refractivity contribution < 1.29 is 5.11 Å². The summed E-state index contributed by atoms with van der Waals surface area (Å²) >= 11 is 0. The molecule has 12 heavy (non-hydrogen) atoms. The second-order valence-corrected chi connectivity index (χ2v) is 4.39. The molecule has 0 aliphatic heterocycles. The molecule has 1 nitrogen and oxygen atoms in total. The Morgan fingerprint density at radius 2 is 2.17 bits per heavy atom. The molecule has 1 saturated carbocycles. The van der Waals surface area contributed by atoms with Crippen molar-refractivity contribution in [3.8, 4) is 0 Å². The van der Waals surface area contributed by atoms with Crippen LogP contribution in [0.3, 0.4) is 0 Å². The number of aliphatic hydroxyl groups is 1. The van der Waals surface area contributed by atoms with Gasteiger partial charge in [-0.25, -0.2) is 0 Å². The zero-order chi connectivity index (χ0) is 8.55. The first kappa shape index (κ1) is 8.31. The zero-order valence-electron chi connectivity index (χ0n) is 7.79. The molecule has 0 aromatic rings. The van der Waals surface area contributed by atoms with Gasteiger partial charge in [0.05, 0.1) is 6.10 Å². The highest BCUT2D eigenvalue weighted by molar-refractivity contribution is 5.09. The maximum atomic E-state index is 9.78. The molecule has 0 unspecified atom stereocenters. The lowest BCUT2D eigenvalue weighted by atomic mass is 9.71. The lowest BCUT2D eigenvalue weighted by Crippen LogP contribution is -2.32. The van der Waals surface area contributed by atoms with E-state index in [1.54, 1.807) is 0 Å². The van der Waals surface area contributed by atoms with E-state index in [0.29, 0.717) is 5.92 Å². The number of hydrogen-bond donors (Lipinski definition) is 1. The van der Waals surface area contributed by atoms with Gasteiger partial charge in [0.15, 0.2) is 0 Å². The largest absolute Gasteiger partial charge is 0.393 e. The third kappa shape index (κ3) is 1.42. The topological polar surface area (TPSA) is 20.2 Å². The van der Waals surface area contributed by atoms with Crippen LogP contribution in [0.4, 0.5) is 0 Å². The van der Waals surface area contributed by atoms with Crippen molar-refractivity contribution in [2.45, 2.75) is 45.1 Å². The Bertz CT molecular complexity index is 195. The highest BCUT2D eigenvalue weighted by Gasteiger charge is 2.32. The summed E-state index contributed by atoms with van der Waals surface area (Å²) in [6.07, 6.45) is 8.43. The van der Waals surface area contributed by atoms with Gasteiger partial charge in [-0.3, -0.25) is 0 Å². The number of fused-ring (bicyclic) bond motifs is 1. The summed E-state index contributed by atoms with van der Waals surface area (Å²) < 4.78 is 0. The Hall–Kier alpha value is -0.300. The maximum Gasteiger partial charge on any atom is 0.0605 e. The molecule has 0 aromatic carbocycles. The third-order valence-electron chi connectivity index (χ3n) is 3.45. The zero-order valence-corrected chi connectivity index (χ0v) is 7.79. The fourth-order valence-corrected chi connectivity index (χ4v) is 2.70. The lowest BCUT2D eigenvalue weighted by molar-refractivity contribution is 0.0505. The number of aliphatic hydroxyl groups excluding tert-OH is 1. The van der Waals surface area contributed by atoms with Crippen molar-refractivity contribution in [3.05, 3.63) is 11.6 Å². The van der Waals surface area contributed by atoms with Crippen LogP contribution in [0.1, 0.15) is 39.0 Å². The van der Waals surface area contributed by atoms with Gasteiger partial charge in [-0.2, -0.15) is 0 Å². The molecule has 0 saturated heterocycles. The van der Waals surface area contributed by atoms with Crippen LogP contribution in [-0.2, 0) is 0 Å². The monoisotopic (exact) mass is 166 g/mol. The van der Waals surface area contributed by atoms with Gasteiger partial charge in [0, 0.05) is 5.92 Å². The van der Waals surface area contributed by atoms with E-state index in [1.807, 2.05) is 0 Å². The molecular formula is C11H18O. The molecule has 0 spiro atoms. The summed E-state index contributed by atoms with van der Waals surface area (Å²) in [6, 6.07) is 0. The predicted octanol–water partition coefficient (Wildman–Crippen LogP) is 2.50. The molecule has 1 heteroatoms. The van der Waals surface area contributed by atoms with Gasteiger partial charge in [-0.15, -0.1) is 0 Å². The Balaban J connectivity index is 2.14. The minimum Gasteiger partial charge on any atom is -0.393 e. The van der Waals surface area contributed by atoms with Crippen molar-refractivity contribution >= 4 is 0 Å². The van der Waals surface area contributed by atoms with E-state index in [-0.39, 0.29) is 6.10 Å². The minimum absolute atomic E-state index is 0.0426. The Kier molecular flexibility index (Phi) is 2.22. The van der Waals surface area contributed by atoms with E-state index in [9.17, 15) is 5.11 Å². The molecule has 0 radical (unpaired) electrons. The number of allylic oxidation sites excluding steroid dienone is 1. The van der Waals surface area contributed by atoms with E-state index in [0.717, 1.165) is 12.3 Å². The second-order valence-electron chi connectivity index (χ2n) is 4.39. The molecule has 2 aliphatic rings. The lowest BCUT2D eigenvalue weighted by Gasteiger charge is -2.37. The molecule has 68 valence electrons. The van der Waals surface area contributed by atoms with Gasteiger partial charge >= 0.3 is 0 Å². The standard InChI is InChI=1S/C11H18O/c1-8-5-6-9-3-2-4-11(12)10(9)7-8/h7,9-12H,2-6H2,1H3/t9-,10-,11+/m1/s1. The molecule has 0 aromatic heterocycles. The maximum absolute atomic E-state index is 9.78. The van der Waals surface area contributed by atoms with Crippen LogP contribution in [0.5, 0.6) is 0 Å². The average Bonchev–Trinajstić information content (AvgIpc) is 2.07. The van der Waals surface area contributed by atoms with Gasteiger partial charge in [-0.05, 0) is 38.5 Å². The Labute approximate surface area is 74.5 Å². The summed E-state index contributed by atoms with van der Waals surface area (Å²) in [5.74, 6) is 1.28. The summed E-state index contributed by atoms with van der Waals surface area (Å²) in [6.45, 7) is 2.19. The third-order valence-corrected chi connectivity index (χ3v) is 3.45. The van der Waals surface area contributed by atoms with E-state index in [4.69, 9.17) is 0 Å². The van der Waals surface area contributed by atoms with Crippen LogP contribution < -0.4 is 0 Å². The summed E-state index contributed by atoms with van der Waals surface area (Å²) in [7, 11) is 0. The highest BCUT2D eigenvalue weighted by Crippen LogP contribution is 2.39. The van der Waals surface area contributed by atoms with Crippen LogP contribution in [0.25, 0.3) is 0 Å². The fraction of sp³-hybridized carbons (Fsp3) is 0.818. The van der Waals surface area contributed by atoms with Crippen molar-refractivity contribution in [3.63, 3.8) is 0 Å². The molecule has 2 rings (SSSR count). The smallest absolute Gasteiger partial charge is 0.0605 e. The van der Waals surface area contributed by atoms with E-state index >= 15 is 0 Å². The number of hydrogen-bond acceptors (Lipinski definition) is 1. The van der Waals surface area contributed by atoms with Crippen molar-refractivity contribution in [1.82, 2.24) is 0 Å². The van der Waals surface area contributed by atoms with Gasteiger partial charge < -0.3 is 5.11 Å². The Morgan fingerprint density at radius 3 is 3.00 bits per heavy atom. The van der Waals surface area contributed by atoms with Crippen molar-refractivity contribution in [2.75, 3.05) is 0 Å². The van der Waals surface area contributed by atoms with E-state index < -0.39 is 0 Å². The molecule has 0 bridgehead atoms. The SMILES string of the molecule is CC1=C[C@@H]2[C@H](CCC[C@@H]2O)CC1. The predicted molar refractivity (Wildman–Crippen MR) is 49.8 cm³/mol. The molecule has 2 aliphatic carbocycles. The molecular weight excluding hydrogens is 148 g/mol. The highest BCUT2D eigenvalue weighted by atomic mass is 16.3. The van der Waals surface area contributed by atoms with Crippen molar-refractivity contribution in [2.24, 2.45) is 11.8 Å². The molecule has 1 N–H and O–H groups in total. The van der Waals surface area contributed by atoms with E-state index in [1.165, 1.54) is 31.3 Å². The van der Waals surface area contributed by atoms with Crippen LogP contribution in [0.15, 0.2) is 11.6 Å². The van der Waals surface area contributed by atoms with Gasteiger partial charge in [0.1, 0.15) is 0 Å². The Morgan fingerprint density at radius 1 is 1.33 bits per heavy atom. The average molecular weight is 166 g/mol. The summed E-state index contributed by atoms with van der Waals surface area (Å²) in [5, 5.41) is 9.78. The first-order valence-electron chi connectivity index (χ1n) is 5.13. The minimum atomic E-state index is -0.0426. The number of rotatable bonds is 0. The first-order chi connectivity index (χ1) is 5.77. The summed E-state index contributed by atoms with van der Waals surface area (Å²) in [4.78, 5) is 0. The molecule has 0 heterocycles. The fourth-order valence-electron chi connectivity index (χ4n) is 2.70. The molecule has 0 amide bonds. The van der Waals surface area contributed by atoms with Crippen molar-refractivity contribution in [1.29, 1.82) is 0 Å². The molecule has 1 fully saturated rings. The van der Waals surface area contributed by atoms with Gasteiger partial charge in [-0.1, -0.05) is 18.1 Å². The van der Waals surface area contributed by atoms with Crippen LogP contribution in [0.2, 0.25) is 0 Å².